The summed E-state index contributed by atoms with van der Waals surface area (Å²) in [5, 5.41) is 4.59. The van der Waals surface area contributed by atoms with E-state index in [0.29, 0.717) is 5.92 Å². The molecule has 0 aromatic carbocycles. The van der Waals surface area contributed by atoms with Crippen molar-refractivity contribution in [3.63, 3.8) is 0 Å². The Balaban J connectivity index is 2.55. The van der Waals surface area contributed by atoms with E-state index in [1.54, 1.807) is 0 Å². The molecule has 0 N–H and O–H groups in total. The molecule has 1 aromatic rings. The van der Waals surface area contributed by atoms with Crippen LogP contribution in [0.3, 0.4) is 0 Å². The van der Waals surface area contributed by atoms with Gasteiger partial charge in [0.2, 0.25) is 0 Å². The first-order valence-corrected chi connectivity index (χ1v) is 5.56. The molecule has 1 heterocycles. The van der Waals surface area contributed by atoms with Gasteiger partial charge in [-0.25, -0.2) is 0 Å². The van der Waals surface area contributed by atoms with Gasteiger partial charge in [-0.2, -0.15) is 5.10 Å². The molecule has 0 fully saturated rings. The van der Waals surface area contributed by atoms with Crippen LogP contribution in [0.2, 0.25) is 0 Å². The average molecular weight is 215 g/mol. The molecule has 2 unspecified atom stereocenters. The summed E-state index contributed by atoms with van der Waals surface area (Å²) in [7, 11) is 2.00. The summed E-state index contributed by atoms with van der Waals surface area (Å²) in [6.45, 7) is 6.31. The molecule has 0 radical (unpaired) electrons. The van der Waals surface area contributed by atoms with Crippen molar-refractivity contribution in [3.05, 3.63) is 17.5 Å². The van der Waals surface area contributed by atoms with Crippen LogP contribution in [0.4, 0.5) is 0 Å². The Morgan fingerprint density at radius 2 is 2.14 bits per heavy atom. The van der Waals surface area contributed by atoms with Crippen LogP contribution in [0, 0.1) is 12.8 Å². The van der Waals surface area contributed by atoms with Crippen LogP contribution in [0.5, 0.6) is 0 Å². The molecule has 0 bridgehead atoms. The van der Waals surface area contributed by atoms with Crippen LogP contribution in [0.25, 0.3) is 0 Å². The van der Waals surface area contributed by atoms with Crippen LogP contribution in [-0.2, 0) is 13.5 Å². The number of alkyl halides is 1. The number of halogens is 1. The lowest BCUT2D eigenvalue weighted by Gasteiger charge is -2.12. The Morgan fingerprint density at radius 3 is 2.57 bits per heavy atom. The number of hydrogen-bond acceptors (Lipinski definition) is 1. The van der Waals surface area contributed by atoms with Gasteiger partial charge in [-0.1, -0.05) is 6.92 Å². The molecule has 0 saturated carbocycles. The summed E-state index contributed by atoms with van der Waals surface area (Å²) in [6.07, 6.45) is 2.13. The number of nitrogens with zero attached hydrogens (tertiary/aromatic N) is 2. The predicted octanol–water partition coefficient (Wildman–Crippen LogP) is 2.92. The number of aromatic nitrogens is 2. The molecule has 0 amide bonds. The van der Waals surface area contributed by atoms with Gasteiger partial charge in [-0.15, -0.1) is 11.6 Å². The van der Waals surface area contributed by atoms with Gasteiger partial charge in [0.25, 0.3) is 0 Å². The van der Waals surface area contributed by atoms with Gasteiger partial charge in [0, 0.05) is 18.1 Å². The van der Waals surface area contributed by atoms with Crippen molar-refractivity contribution < 1.29 is 0 Å². The maximum atomic E-state index is 5.96. The number of hydrogen-bond donors (Lipinski definition) is 0. The summed E-state index contributed by atoms with van der Waals surface area (Å²) in [4.78, 5) is 0. The van der Waals surface area contributed by atoms with E-state index in [1.165, 1.54) is 5.69 Å². The third-order valence-corrected chi connectivity index (χ3v) is 2.56. The Kier molecular flexibility index (Phi) is 3.99. The fourth-order valence-corrected chi connectivity index (χ4v) is 2.15. The summed E-state index contributed by atoms with van der Waals surface area (Å²) >= 11 is 5.96. The molecule has 2 atom stereocenters. The van der Waals surface area contributed by atoms with Gasteiger partial charge in [0.05, 0.1) is 5.69 Å². The zero-order valence-corrected chi connectivity index (χ0v) is 10.2. The Labute approximate surface area is 91.3 Å². The Hall–Kier alpha value is -0.500. The summed E-state index contributed by atoms with van der Waals surface area (Å²) in [6, 6.07) is 2.15. The van der Waals surface area contributed by atoms with Crippen molar-refractivity contribution in [3.8, 4) is 0 Å². The first kappa shape index (κ1) is 11.6. The Bertz CT molecular complexity index is 291. The van der Waals surface area contributed by atoms with E-state index in [9.17, 15) is 0 Å². The van der Waals surface area contributed by atoms with E-state index in [4.69, 9.17) is 11.6 Å². The van der Waals surface area contributed by atoms with Crippen LogP contribution < -0.4 is 0 Å². The molecule has 2 nitrogen and oxygen atoms in total. The molecular weight excluding hydrogens is 196 g/mol. The highest BCUT2D eigenvalue weighted by Gasteiger charge is 2.10. The van der Waals surface area contributed by atoms with Gasteiger partial charge in [-0.05, 0) is 38.7 Å². The van der Waals surface area contributed by atoms with E-state index in [1.807, 2.05) is 25.6 Å². The third kappa shape index (κ3) is 3.33. The molecule has 0 aliphatic rings. The summed E-state index contributed by atoms with van der Waals surface area (Å²) in [5.74, 6) is 0.622. The van der Waals surface area contributed by atoms with Crippen LogP contribution in [0.15, 0.2) is 6.07 Å². The highest BCUT2D eigenvalue weighted by Crippen LogP contribution is 2.16. The molecular formula is C11H19ClN2. The molecule has 1 rings (SSSR count). The molecule has 3 heteroatoms. The zero-order valence-electron chi connectivity index (χ0n) is 9.42. The largest absolute Gasteiger partial charge is 0.272 e. The third-order valence-electron chi connectivity index (χ3n) is 2.38. The minimum atomic E-state index is 0.263. The maximum Gasteiger partial charge on any atom is 0.0596 e. The quantitative estimate of drug-likeness (QED) is 0.705. The monoisotopic (exact) mass is 214 g/mol. The second-order valence-electron chi connectivity index (χ2n) is 4.23. The van der Waals surface area contributed by atoms with Crippen molar-refractivity contribution in [2.24, 2.45) is 13.0 Å². The highest BCUT2D eigenvalue weighted by molar-refractivity contribution is 6.20. The van der Waals surface area contributed by atoms with Gasteiger partial charge in [-0.3, -0.25) is 4.68 Å². The van der Waals surface area contributed by atoms with Crippen molar-refractivity contribution in [1.29, 1.82) is 0 Å². The topological polar surface area (TPSA) is 17.8 Å². The second kappa shape index (κ2) is 4.83. The minimum Gasteiger partial charge on any atom is -0.272 e. The summed E-state index contributed by atoms with van der Waals surface area (Å²) < 4.78 is 1.96. The van der Waals surface area contributed by atoms with E-state index < -0.39 is 0 Å². The molecule has 1 aromatic heterocycles. The smallest absolute Gasteiger partial charge is 0.0596 e. The standard InChI is InChI=1S/C11H19ClN2/c1-8(5-9(2)12)6-11-7-10(3)13-14(11)4/h7-9H,5-6H2,1-4H3. The van der Waals surface area contributed by atoms with E-state index in [0.717, 1.165) is 18.5 Å². The van der Waals surface area contributed by atoms with E-state index in [2.05, 4.69) is 18.1 Å². The molecule has 14 heavy (non-hydrogen) atoms. The molecule has 0 saturated heterocycles. The highest BCUT2D eigenvalue weighted by atomic mass is 35.5. The normalized spacial score (nSPS) is 15.5. The molecule has 80 valence electrons. The SMILES string of the molecule is Cc1cc(CC(C)CC(C)Cl)n(C)n1. The van der Waals surface area contributed by atoms with Crippen LogP contribution in [-0.4, -0.2) is 15.2 Å². The fraction of sp³-hybridized carbons (Fsp3) is 0.727. The van der Waals surface area contributed by atoms with Crippen molar-refractivity contribution >= 4 is 11.6 Å². The average Bonchev–Trinajstić information content (AvgIpc) is 2.28. The van der Waals surface area contributed by atoms with Gasteiger partial charge >= 0.3 is 0 Å². The zero-order chi connectivity index (χ0) is 10.7. The first-order valence-electron chi connectivity index (χ1n) is 5.12. The van der Waals surface area contributed by atoms with Gasteiger partial charge in [0.1, 0.15) is 0 Å². The number of aryl methyl sites for hydroxylation is 2. The second-order valence-corrected chi connectivity index (χ2v) is 4.97. The Morgan fingerprint density at radius 1 is 1.50 bits per heavy atom. The van der Waals surface area contributed by atoms with Crippen molar-refractivity contribution in [2.45, 2.75) is 39.0 Å². The number of rotatable bonds is 4. The van der Waals surface area contributed by atoms with E-state index >= 15 is 0 Å². The lowest BCUT2D eigenvalue weighted by molar-refractivity contribution is 0.506. The fourth-order valence-electron chi connectivity index (χ4n) is 1.85. The molecule has 0 spiro atoms. The lowest BCUT2D eigenvalue weighted by atomic mass is 10.00. The van der Waals surface area contributed by atoms with Gasteiger partial charge in [0.15, 0.2) is 0 Å². The lowest BCUT2D eigenvalue weighted by Crippen LogP contribution is -2.08. The van der Waals surface area contributed by atoms with Crippen LogP contribution in [0.1, 0.15) is 31.7 Å². The van der Waals surface area contributed by atoms with Gasteiger partial charge < -0.3 is 0 Å². The van der Waals surface area contributed by atoms with Crippen LogP contribution >= 0.6 is 11.6 Å². The molecule has 0 aliphatic heterocycles. The summed E-state index contributed by atoms with van der Waals surface area (Å²) in [5.41, 5.74) is 2.39. The predicted molar refractivity (Wildman–Crippen MR) is 60.7 cm³/mol. The van der Waals surface area contributed by atoms with Crippen molar-refractivity contribution in [1.82, 2.24) is 9.78 Å². The maximum absolute atomic E-state index is 5.96. The molecule has 0 aliphatic carbocycles. The minimum absolute atomic E-state index is 0.263. The van der Waals surface area contributed by atoms with Crippen molar-refractivity contribution in [2.75, 3.05) is 0 Å². The first-order chi connectivity index (χ1) is 6.49. The van der Waals surface area contributed by atoms with E-state index in [-0.39, 0.29) is 5.38 Å².